The third-order valence-electron chi connectivity index (χ3n) is 2.97. The number of para-hydroxylation sites is 1. The summed E-state index contributed by atoms with van der Waals surface area (Å²) in [5.41, 5.74) is 0.0222. The fraction of sp³-hybridized carbons (Fsp3) is 0.0667. The summed E-state index contributed by atoms with van der Waals surface area (Å²) in [6.45, 7) is 0. The van der Waals surface area contributed by atoms with Crippen LogP contribution in [0.4, 0.5) is 17.1 Å². The van der Waals surface area contributed by atoms with Crippen LogP contribution in [0.1, 0.15) is 0 Å². The average Bonchev–Trinajstić information content (AvgIpc) is 2.56. The molecule has 0 unspecified atom stereocenters. The second-order valence-electron chi connectivity index (χ2n) is 4.53. The van der Waals surface area contributed by atoms with Crippen molar-refractivity contribution >= 4 is 40.5 Å². The number of methoxy groups -OCH3 is 1. The van der Waals surface area contributed by atoms with Gasteiger partial charge >= 0.3 is 11.8 Å². The number of hydrogen-bond acceptors (Lipinski definition) is 5. The zero-order chi connectivity index (χ0) is 17.7. The van der Waals surface area contributed by atoms with Gasteiger partial charge in [0.05, 0.1) is 28.4 Å². The van der Waals surface area contributed by atoms with E-state index in [0.29, 0.717) is 0 Å². The molecule has 0 fully saturated rings. The summed E-state index contributed by atoms with van der Waals surface area (Å²) in [5.74, 6) is -1.81. The maximum atomic E-state index is 12.0. The topological polar surface area (TPSA) is 111 Å². The molecule has 0 spiro atoms. The minimum absolute atomic E-state index is 0.00556. The van der Waals surface area contributed by atoms with Gasteiger partial charge in [-0.05, 0) is 18.2 Å². The van der Waals surface area contributed by atoms with Crippen molar-refractivity contribution in [3.8, 4) is 5.75 Å². The first-order valence-corrected chi connectivity index (χ1v) is 6.99. The normalized spacial score (nSPS) is 9.92. The highest BCUT2D eigenvalue weighted by molar-refractivity contribution is 6.45. The van der Waals surface area contributed by atoms with Crippen molar-refractivity contribution in [3.05, 3.63) is 57.6 Å². The lowest BCUT2D eigenvalue weighted by atomic mass is 10.2. The van der Waals surface area contributed by atoms with E-state index in [1.165, 1.54) is 25.3 Å². The number of nitrogens with zero attached hydrogens (tertiary/aromatic N) is 1. The van der Waals surface area contributed by atoms with Gasteiger partial charge in [-0.2, -0.15) is 0 Å². The van der Waals surface area contributed by atoms with E-state index in [-0.39, 0.29) is 27.8 Å². The van der Waals surface area contributed by atoms with Crippen LogP contribution in [0.5, 0.6) is 5.75 Å². The van der Waals surface area contributed by atoms with Gasteiger partial charge in [-0.3, -0.25) is 19.7 Å². The second kappa shape index (κ2) is 7.42. The van der Waals surface area contributed by atoms with E-state index in [9.17, 15) is 19.7 Å². The van der Waals surface area contributed by atoms with E-state index in [1.54, 1.807) is 18.2 Å². The van der Waals surface area contributed by atoms with Crippen LogP contribution in [0.2, 0.25) is 5.02 Å². The Labute approximate surface area is 141 Å². The van der Waals surface area contributed by atoms with Crippen LogP contribution in [0.3, 0.4) is 0 Å². The monoisotopic (exact) mass is 349 g/mol. The Morgan fingerprint density at radius 1 is 1.08 bits per heavy atom. The summed E-state index contributed by atoms with van der Waals surface area (Å²) in [6.07, 6.45) is 0. The highest BCUT2D eigenvalue weighted by Gasteiger charge is 2.19. The van der Waals surface area contributed by atoms with Crippen molar-refractivity contribution in [3.63, 3.8) is 0 Å². The summed E-state index contributed by atoms with van der Waals surface area (Å²) in [4.78, 5) is 34.1. The minimum Gasteiger partial charge on any atom is -0.495 e. The summed E-state index contributed by atoms with van der Waals surface area (Å²) in [7, 11) is 1.33. The number of carbonyl (C=O) groups is 2. The van der Waals surface area contributed by atoms with Crippen LogP contribution >= 0.6 is 11.6 Å². The first kappa shape index (κ1) is 17.2. The molecule has 24 heavy (non-hydrogen) atoms. The quantitative estimate of drug-likeness (QED) is 0.501. The minimum atomic E-state index is -1.02. The number of rotatable bonds is 4. The molecule has 0 aliphatic rings. The highest BCUT2D eigenvalue weighted by Crippen LogP contribution is 2.29. The van der Waals surface area contributed by atoms with Gasteiger partial charge in [0.1, 0.15) is 5.75 Å². The van der Waals surface area contributed by atoms with Crippen molar-refractivity contribution in [2.24, 2.45) is 0 Å². The molecule has 8 nitrogen and oxygen atoms in total. The zero-order valence-electron chi connectivity index (χ0n) is 12.4. The Morgan fingerprint density at radius 2 is 1.71 bits per heavy atom. The summed E-state index contributed by atoms with van der Waals surface area (Å²) in [5, 5.41) is 15.7. The molecule has 2 amide bonds. The molecule has 0 saturated carbocycles. The Morgan fingerprint density at radius 3 is 2.29 bits per heavy atom. The van der Waals surface area contributed by atoms with E-state index >= 15 is 0 Å². The highest BCUT2D eigenvalue weighted by atomic mass is 35.5. The van der Waals surface area contributed by atoms with E-state index in [4.69, 9.17) is 16.3 Å². The third kappa shape index (κ3) is 3.99. The molecule has 0 atom stereocenters. The summed E-state index contributed by atoms with van der Waals surface area (Å²) < 4.78 is 5.01. The fourth-order valence-electron chi connectivity index (χ4n) is 1.83. The van der Waals surface area contributed by atoms with E-state index in [0.717, 1.165) is 6.07 Å². The van der Waals surface area contributed by atoms with Crippen LogP contribution < -0.4 is 15.4 Å². The standard InChI is InChI=1S/C15H12ClN3O5/c1-24-13-7-6-9(19(22)23)8-12(13)18-15(21)14(20)17-11-5-3-2-4-10(11)16/h2-8H,1H3,(H,17,20)(H,18,21). The second-order valence-corrected chi connectivity index (χ2v) is 4.94. The Hall–Kier alpha value is -3.13. The number of hydrogen-bond donors (Lipinski definition) is 2. The first-order chi connectivity index (χ1) is 11.4. The van der Waals surface area contributed by atoms with Gasteiger partial charge in [0, 0.05) is 12.1 Å². The number of carbonyl (C=O) groups excluding carboxylic acids is 2. The number of nitro benzene ring substituents is 1. The van der Waals surface area contributed by atoms with Crippen molar-refractivity contribution in [1.29, 1.82) is 0 Å². The third-order valence-corrected chi connectivity index (χ3v) is 3.30. The lowest BCUT2D eigenvalue weighted by Crippen LogP contribution is -2.29. The van der Waals surface area contributed by atoms with E-state index in [1.807, 2.05) is 0 Å². The molecule has 0 bridgehead atoms. The van der Waals surface area contributed by atoms with Crippen LogP contribution in [-0.4, -0.2) is 23.8 Å². The maximum absolute atomic E-state index is 12.0. The molecule has 2 rings (SSSR count). The Balaban J connectivity index is 2.16. The first-order valence-electron chi connectivity index (χ1n) is 6.61. The molecule has 0 saturated heterocycles. The molecule has 9 heteroatoms. The van der Waals surface area contributed by atoms with Gasteiger partial charge in [-0.15, -0.1) is 0 Å². The van der Waals surface area contributed by atoms with Crippen LogP contribution in [-0.2, 0) is 9.59 Å². The number of anilines is 2. The predicted molar refractivity (Wildman–Crippen MR) is 88.4 cm³/mol. The average molecular weight is 350 g/mol. The van der Waals surface area contributed by atoms with Gasteiger partial charge < -0.3 is 15.4 Å². The van der Waals surface area contributed by atoms with Gasteiger partial charge in [-0.1, -0.05) is 23.7 Å². The molecule has 2 aromatic carbocycles. The smallest absolute Gasteiger partial charge is 0.314 e. The van der Waals surface area contributed by atoms with Crippen molar-refractivity contribution in [2.45, 2.75) is 0 Å². The largest absolute Gasteiger partial charge is 0.495 e. The lowest BCUT2D eigenvalue weighted by molar-refractivity contribution is -0.384. The number of nitrogens with one attached hydrogen (secondary N) is 2. The number of ether oxygens (including phenoxy) is 1. The predicted octanol–water partition coefficient (Wildman–Crippen LogP) is 2.83. The van der Waals surface area contributed by atoms with Crippen LogP contribution in [0, 0.1) is 10.1 Å². The Kier molecular flexibility index (Phi) is 5.33. The molecular formula is C15H12ClN3O5. The van der Waals surface area contributed by atoms with Gasteiger partial charge in [0.15, 0.2) is 0 Å². The van der Waals surface area contributed by atoms with Gasteiger partial charge in [0.2, 0.25) is 0 Å². The molecule has 0 aromatic heterocycles. The number of benzene rings is 2. The van der Waals surface area contributed by atoms with Crippen molar-refractivity contribution in [2.75, 3.05) is 17.7 Å². The SMILES string of the molecule is COc1ccc([N+](=O)[O-])cc1NC(=O)C(=O)Nc1ccccc1Cl. The van der Waals surface area contributed by atoms with Crippen LogP contribution in [0.15, 0.2) is 42.5 Å². The molecule has 0 aliphatic heterocycles. The molecule has 0 radical (unpaired) electrons. The molecule has 124 valence electrons. The van der Waals surface area contributed by atoms with Crippen molar-refractivity contribution in [1.82, 2.24) is 0 Å². The number of non-ortho nitro benzene ring substituents is 1. The van der Waals surface area contributed by atoms with Crippen molar-refractivity contribution < 1.29 is 19.2 Å². The molecular weight excluding hydrogens is 338 g/mol. The fourth-order valence-corrected chi connectivity index (χ4v) is 2.01. The molecule has 0 heterocycles. The number of halogens is 1. The molecule has 0 aliphatic carbocycles. The van der Waals surface area contributed by atoms with E-state index < -0.39 is 16.7 Å². The molecule has 2 aromatic rings. The summed E-state index contributed by atoms with van der Waals surface area (Å²) in [6, 6.07) is 10.0. The lowest BCUT2D eigenvalue weighted by Gasteiger charge is -2.10. The molecule has 2 N–H and O–H groups in total. The van der Waals surface area contributed by atoms with E-state index in [2.05, 4.69) is 10.6 Å². The Bertz CT molecular complexity index is 809. The van der Waals surface area contributed by atoms with Gasteiger partial charge in [0.25, 0.3) is 5.69 Å². The summed E-state index contributed by atoms with van der Waals surface area (Å²) >= 11 is 5.90. The zero-order valence-corrected chi connectivity index (χ0v) is 13.2. The number of nitro groups is 1. The number of amides is 2. The van der Waals surface area contributed by atoms with Gasteiger partial charge in [-0.25, -0.2) is 0 Å². The maximum Gasteiger partial charge on any atom is 0.314 e. The van der Waals surface area contributed by atoms with Crippen LogP contribution in [0.25, 0.3) is 0 Å².